The van der Waals surface area contributed by atoms with Gasteiger partial charge in [-0.2, -0.15) is 0 Å². The SMILES string of the molecule is Cl.O=C(CCn1c2c(c3ccccc31)CCn1c-2nc2ccccc2c1=O)N1CCN(CCO)CC1. The molecule has 0 bridgehead atoms. The molecule has 4 heterocycles. The van der Waals surface area contributed by atoms with E-state index >= 15 is 0 Å². The molecule has 2 aromatic heterocycles. The Kier molecular flexibility index (Phi) is 6.83. The Labute approximate surface area is 215 Å². The van der Waals surface area contributed by atoms with Gasteiger partial charge in [-0.05, 0) is 30.2 Å². The van der Waals surface area contributed by atoms with E-state index in [9.17, 15) is 9.59 Å². The van der Waals surface area contributed by atoms with Crippen molar-refractivity contribution in [1.29, 1.82) is 0 Å². The van der Waals surface area contributed by atoms with E-state index in [2.05, 4.69) is 21.6 Å². The molecule has 2 aliphatic heterocycles. The normalized spacial score (nSPS) is 15.5. The van der Waals surface area contributed by atoms with Gasteiger partial charge in [0.25, 0.3) is 5.56 Å². The lowest BCUT2D eigenvalue weighted by Crippen LogP contribution is -2.49. The molecule has 1 amide bonds. The minimum absolute atomic E-state index is 0. The standard InChI is InChI=1S/C27H29N5O3.ClH/c33-18-17-29-13-15-30(16-14-29)24(34)10-12-31-23-8-4-2-5-19(23)20-9-11-32-26(25(20)31)28-22-7-3-1-6-21(22)27(32)35;/h1-8,33H,9-18H2;1H. The van der Waals surface area contributed by atoms with Crippen molar-refractivity contribution >= 4 is 40.1 Å². The molecule has 188 valence electrons. The van der Waals surface area contributed by atoms with Crippen molar-refractivity contribution in [2.75, 3.05) is 39.3 Å². The number of aliphatic hydroxyl groups excluding tert-OH is 1. The van der Waals surface area contributed by atoms with Crippen molar-refractivity contribution in [3.63, 3.8) is 0 Å². The molecule has 6 rings (SSSR count). The molecule has 0 radical (unpaired) electrons. The topological polar surface area (TPSA) is 83.6 Å². The average molecular weight is 508 g/mol. The Hall–Kier alpha value is -3.20. The highest BCUT2D eigenvalue weighted by Crippen LogP contribution is 2.36. The first-order chi connectivity index (χ1) is 17.2. The van der Waals surface area contributed by atoms with Crippen molar-refractivity contribution in [3.8, 4) is 11.5 Å². The largest absolute Gasteiger partial charge is 0.395 e. The third-order valence-electron chi connectivity index (χ3n) is 7.43. The highest BCUT2D eigenvalue weighted by atomic mass is 35.5. The van der Waals surface area contributed by atoms with Crippen LogP contribution in [0.1, 0.15) is 12.0 Å². The highest BCUT2D eigenvalue weighted by Gasteiger charge is 2.28. The summed E-state index contributed by atoms with van der Waals surface area (Å²) >= 11 is 0. The number of aliphatic hydroxyl groups is 1. The summed E-state index contributed by atoms with van der Waals surface area (Å²) in [7, 11) is 0. The van der Waals surface area contributed by atoms with Crippen LogP contribution in [0.25, 0.3) is 33.3 Å². The van der Waals surface area contributed by atoms with Gasteiger partial charge in [0, 0.05) is 63.1 Å². The van der Waals surface area contributed by atoms with Gasteiger partial charge < -0.3 is 14.6 Å². The van der Waals surface area contributed by atoms with E-state index in [1.165, 1.54) is 10.9 Å². The molecule has 1 saturated heterocycles. The minimum Gasteiger partial charge on any atom is -0.395 e. The number of fused-ring (bicyclic) bond motifs is 6. The Morgan fingerprint density at radius 3 is 2.42 bits per heavy atom. The van der Waals surface area contributed by atoms with Crippen LogP contribution >= 0.6 is 12.4 Å². The Bertz CT molecular complexity index is 1490. The first-order valence-corrected chi connectivity index (χ1v) is 12.4. The van der Waals surface area contributed by atoms with E-state index in [0.29, 0.717) is 55.9 Å². The maximum Gasteiger partial charge on any atom is 0.261 e. The molecule has 0 saturated carbocycles. The fourth-order valence-corrected chi connectivity index (χ4v) is 5.62. The van der Waals surface area contributed by atoms with Crippen LogP contribution in [0.4, 0.5) is 0 Å². The predicted octanol–water partition coefficient (Wildman–Crippen LogP) is 2.52. The molecule has 0 atom stereocenters. The molecule has 9 heteroatoms. The first-order valence-electron chi connectivity index (χ1n) is 12.4. The zero-order valence-corrected chi connectivity index (χ0v) is 20.9. The van der Waals surface area contributed by atoms with Crippen molar-refractivity contribution in [3.05, 3.63) is 64.4 Å². The second-order valence-electron chi connectivity index (χ2n) is 9.35. The molecule has 0 spiro atoms. The predicted molar refractivity (Wildman–Crippen MR) is 143 cm³/mol. The van der Waals surface area contributed by atoms with Crippen molar-refractivity contribution in [1.82, 2.24) is 23.9 Å². The molecule has 4 aromatic rings. The van der Waals surface area contributed by atoms with Crippen LogP contribution < -0.4 is 5.56 Å². The molecule has 1 N–H and O–H groups in total. The Morgan fingerprint density at radius 2 is 1.64 bits per heavy atom. The molecule has 0 aliphatic carbocycles. The second-order valence-corrected chi connectivity index (χ2v) is 9.35. The number of hydrogen-bond donors (Lipinski definition) is 1. The Morgan fingerprint density at radius 1 is 0.917 bits per heavy atom. The van der Waals surface area contributed by atoms with Gasteiger partial charge in [0.05, 0.1) is 23.2 Å². The molecular formula is C27H30ClN5O3. The number of amides is 1. The number of rotatable bonds is 5. The maximum absolute atomic E-state index is 13.3. The van der Waals surface area contributed by atoms with Gasteiger partial charge >= 0.3 is 0 Å². The van der Waals surface area contributed by atoms with Crippen LogP contribution in [0.3, 0.4) is 0 Å². The van der Waals surface area contributed by atoms with E-state index in [1.54, 1.807) is 4.57 Å². The number of piperazine rings is 1. The maximum atomic E-state index is 13.3. The van der Waals surface area contributed by atoms with Crippen LogP contribution in [0.15, 0.2) is 53.3 Å². The summed E-state index contributed by atoms with van der Waals surface area (Å²) in [6.07, 6.45) is 1.15. The van der Waals surface area contributed by atoms with Gasteiger partial charge in [-0.25, -0.2) is 4.98 Å². The number of para-hydroxylation sites is 2. The summed E-state index contributed by atoms with van der Waals surface area (Å²) in [4.78, 5) is 35.4. The van der Waals surface area contributed by atoms with Gasteiger partial charge in [0.15, 0.2) is 5.82 Å². The van der Waals surface area contributed by atoms with E-state index in [4.69, 9.17) is 10.1 Å². The van der Waals surface area contributed by atoms with Gasteiger partial charge in [-0.15, -0.1) is 12.4 Å². The number of benzene rings is 2. The molecule has 36 heavy (non-hydrogen) atoms. The number of halogens is 1. The van der Waals surface area contributed by atoms with E-state index in [1.807, 2.05) is 41.3 Å². The number of carbonyl (C=O) groups is 1. The van der Waals surface area contributed by atoms with Crippen LogP contribution in [0.5, 0.6) is 0 Å². The van der Waals surface area contributed by atoms with E-state index in [0.717, 1.165) is 30.7 Å². The number of hydrogen-bond acceptors (Lipinski definition) is 5. The summed E-state index contributed by atoms with van der Waals surface area (Å²) in [5.74, 6) is 0.830. The first kappa shape index (κ1) is 24.5. The summed E-state index contributed by atoms with van der Waals surface area (Å²) in [5.41, 5.74) is 3.93. The van der Waals surface area contributed by atoms with Gasteiger partial charge in [-0.3, -0.25) is 19.1 Å². The Balaban J connectivity index is 0.00000267. The lowest BCUT2D eigenvalue weighted by atomic mass is 10.0. The summed E-state index contributed by atoms with van der Waals surface area (Å²) in [6.45, 7) is 4.91. The van der Waals surface area contributed by atoms with Gasteiger partial charge in [0.1, 0.15) is 0 Å². The van der Waals surface area contributed by atoms with Gasteiger partial charge in [-0.1, -0.05) is 30.3 Å². The second kappa shape index (κ2) is 10.0. The zero-order chi connectivity index (χ0) is 23.9. The number of carbonyl (C=O) groups excluding carboxylic acids is 1. The number of aromatic nitrogens is 3. The molecule has 8 nitrogen and oxygen atoms in total. The van der Waals surface area contributed by atoms with E-state index < -0.39 is 0 Å². The third-order valence-corrected chi connectivity index (χ3v) is 7.43. The molecule has 1 fully saturated rings. The highest BCUT2D eigenvalue weighted by molar-refractivity contribution is 5.92. The smallest absolute Gasteiger partial charge is 0.261 e. The zero-order valence-electron chi connectivity index (χ0n) is 20.1. The lowest BCUT2D eigenvalue weighted by molar-refractivity contribution is -0.133. The monoisotopic (exact) mass is 507 g/mol. The van der Waals surface area contributed by atoms with Gasteiger partial charge in [0.2, 0.25) is 5.91 Å². The van der Waals surface area contributed by atoms with Crippen LogP contribution in [-0.4, -0.2) is 74.3 Å². The third kappa shape index (κ3) is 4.09. The van der Waals surface area contributed by atoms with Crippen molar-refractivity contribution in [2.24, 2.45) is 0 Å². The van der Waals surface area contributed by atoms with Crippen molar-refractivity contribution in [2.45, 2.75) is 25.9 Å². The summed E-state index contributed by atoms with van der Waals surface area (Å²) < 4.78 is 3.99. The average Bonchev–Trinajstić information content (AvgIpc) is 3.22. The molecular weight excluding hydrogens is 478 g/mol. The number of nitrogens with zero attached hydrogens (tertiary/aromatic N) is 5. The van der Waals surface area contributed by atoms with Crippen molar-refractivity contribution < 1.29 is 9.90 Å². The molecule has 2 aromatic carbocycles. The van der Waals surface area contributed by atoms with Crippen LogP contribution in [0.2, 0.25) is 0 Å². The van der Waals surface area contributed by atoms with Crippen LogP contribution in [0, 0.1) is 0 Å². The lowest BCUT2D eigenvalue weighted by Gasteiger charge is -2.34. The fraction of sp³-hybridized carbons (Fsp3) is 0.370. The van der Waals surface area contributed by atoms with Crippen LogP contribution in [-0.2, 0) is 24.3 Å². The minimum atomic E-state index is -0.00937. The molecule has 0 unspecified atom stereocenters. The number of β-amino-alcohol motifs (C(OH)–C–C–N with tert-alkyl or cyclic N) is 1. The quantitative estimate of drug-likeness (QED) is 0.449. The summed E-state index contributed by atoms with van der Waals surface area (Å²) in [5, 5.41) is 11.0. The fourth-order valence-electron chi connectivity index (χ4n) is 5.62. The summed E-state index contributed by atoms with van der Waals surface area (Å²) in [6, 6.07) is 15.8. The van der Waals surface area contributed by atoms with E-state index in [-0.39, 0.29) is 30.5 Å². The number of aryl methyl sites for hydroxylation is 2. The molecule has 2 aliphatic rings.